The van der Waals surface area contributed by atoms with Crippen molar-refractivity contribution in [3.63, 3.8) is 0 Å². The van der Waals surface area contributed by atoms with Crippen molar-refractivity contribution in [2.45, 2.75) is 12.3 Å². The average Bonchev–Trinajstić information content (AvgIpc) is 3.10. The number of nitrogens with one attached hydrogen (secondary N) is 1. The SMILES string of the molecule is COc1ccc(N2CC(C(=O)NCC(C(=O)O)c3ccccc3)CC2=O)cc1. The first-order chi connectivity index (χ1) is 13.5. The summed E-state index contributed by atoms with van der Waals surface area (Å²) in [4.78, 5) is 38.0. The zero-order chi connectivity index (χ0) is 20.1. The first-order valence-electron chi connectivity index (χ1n) is 8.99. The number of carboxylic acid groups (broad SMARTS) is 1. The molecule has 2 atom stereocenters. The Morgan fingerprint density at radius 3 is 2.46 bits per heavy atom. The normalized spacial score (nSPS) is 17.2. The first kappa shape index (κ1) is 19.4. The van der Waals surface area contributed by atoms with Crippen LogP contribution in [0.2, 0.25) is 0 Å². The molecule has 2 N–H and O–H groups in total. The van der Waals surface area contributed by atoms with Gasteiger partial charge >= 0.3 is 5.97 Å². The standard InChI is InChI=1S/C21H22N2O5/c1-28-17-9-7-16(8-10-17)23-13-15(11-19(23)24)20(25)22-12-18(21(26)27)14-5-3-2-4-6-14/h2-10,15,18H,11-13H2,1H3,(H,22,25)(H,26,27). The molecular formula is C21H22N2O5. The predicted molar refractivity (Wildman–Crippen MR) is 103 cm³/mol. The summed E-state index contributed by atoms with van der Waals surface area (Å²) in [7, 11) is 1.57. The number of hydrogen-bond acceptors (Lipinski definition) is 4. The van der Waals surface area contributed by atoms with Gasteiger partial charge in [0.25, 0.3) is 0 Å². The molecule has 0 aliphatic carbocycles. The number of carbonyl (C=O) groups excluding carboxylic acids is 2. The van der Waals surface area contributed by atoms with Crippen LogP contribution in [0.1, 0.15) is 17.9 Å². The fourth-order valence-corrected chi connectivity index (χ4v) is 3.27. The largest absolute Gasteiger partial charge is 0.497 e. The smallest absolute Gasteiger partial charge is 0.312 e. The number of nitrogens with zero attached hydrogens (tertiary/aromatic N) is 1. The van der Waals surface area contributed by atoms with Gasteiger partial charge in [-0.05, 0) is 29.8 Å². The summed E-state index contributed by atoms with van der Waals surface area (Å²) in [6.07, 6.45) is 0.0982. The lowest BCUT2D eigenvalue weighted by Crippen LogP contribution is -2.37. The van der Waals surface area contributed by atoms with E-state index < -0.39 is 17.8 Å². The molecule has 2 amide bonds. The fraction of sp³-hybridized carbons (Fsp3) is 0.286. The third-order valence-electron chi connectivity index (χ3n) is 4.86. The van der Waals surface area contributed by atoms with Crippen LogP contribution >= 0.6 is 0 Å². The number of amides is 2. The summed E-state index contributed by atoms with van der Waals surface area (Å²) < 4.78 is 5.11. The van der Waals surface area contributed by atoms with Gasteiger partial charge in [-0.25, -0.2) is 0 Å². The maximum absolute atomic E-state index is 12.5. The van der Waals surface area contributed by atoms with Gasteiger partial charge in [-0.15, -0.1) is 0 Å². The Balaban J connectivity index is 1.61. The fourth-order valence-electron chi connectivity index (χ4n) is 3.27. The zero-order valence-corrected chi connectivity index (χ0v) is 15.5. The molecule has 2 aromatic carbocycles. The van der Waals surface area contributed by atoms with Gasteiger partial charge in [0.05, 0.1) is 18.9 Å². The summed E-state index contributed by atoms with van der Waals surface area (Å²) in [5.74, 6) is -2.12. The molecule has 0 radical (unpaired) electrons. The van der Waals surface area contributed by atoms with Crippen molar-refractivity contribution in [1.29, 1.82) is 0 Å². The molecule has 146 valence electrons. The summed E-state index contributed by atoms with van der Waals surface area (Å²) >= 11 is 0. The molecule has 3 rings (SSSR count). The Labute approximate surface area is 162 Å². The van der Waals surface area contributed by atoms with Gasteiger partial charge in [-0.1, -0.05) is 30.3 Å². The van der Waals surface area contributed by atoms with E-state index in [-0.39, 0.29) is 31.3 Å². The number of rotatable bonds is 7. The second-order valence-corrected chi connectivity index (χ2v) is 6.65. The maximum Gasteiger partial charge on any atom is 0.312 e. The molecule has 0 spiro atoms. The van der Waals surface area contributed by atoms with Gasteiger partial charge in [0.1, 0.15) is 5.75 Å². The zero-order valence-electron chi connectivity index (χ0n) is 15.5. The predicted octanol–water partition coefficient (Wildman–Crippen LogP) is 2.03. The minimum absolute atomic E-state index is 0.0224. The molecule has 1 fully saturated rings. The highest BCUT2D eigenvalue weighted by Gasteiger charge is 2.35. The lowest BCUT2D eigenvalue weighted by molar-refractivity contribution is -0.138. The van der Waals surface area contributed by atoms with E-state index >= 15 is 0 Å². The second kappa shape index (κ2) is 8.56. The van der Waals surface area contributed by atoms with E-state index in [9.17, 15) is 19.5 Å². The Morgan fingerprint density at radius 1 is 1.18 bits per heavy atom. The van der Waals surface area contributed by atoms with E-state index in [2.05, 4.69) is 5.32 Å². The second-order valence-electron chi connectivity index (χ2n) is 6.65. The third-order valence-corrected chi connectivity index (χ3v) is 4.86. The number of carboxylic acids is 1. The van der Waals surface area contributed by atoms with Crippen LogP contribution in [0.5, 0.6) is 5.75 Å². The number of benzene rings is 2. The molecule has 1 aliphatic rings. The lowest BCUT2D eigenvalue weighted by atomic mass is 9.99. The number of aliphatic carboxylic acids is 1. The van der Waals surface area contributed by atoms with Crippen molar-refractivity contribution in [3.8, 4) is 5.75 Å². The van der Waals surface area contributed by atoms with E-state index in [4.69, 9.17) is 4.74 Å². The van der Waals surface area contributed by atoms with E-state index in [1.165, 1.54) is 0 Å². The Morgan fingerprint density at radius 2 is 1.86 bits per heavy atom. The van der Waals surface area contributed by atoms with Gasteiger partial charge in [-0.2, -0.15) is 0 Å². The molecule has 2 aromatic rings. The van der Waals surface area contributed by atoms with Crippen LogP contribution < -0.4 is 15.0 Å². The minimum Gasteiger partial charge on any atom is -0.497 e. The highest BCUT2D eigenvalue weighted by atomic mass is 16.5. The molecule has 28 heavy (non-hydrogen) atoms. The highest BCUT2D eigenvalue weighted by molar-refractivity contribution is 6.00. The summed E-state index contributed by atoms with van der Waals surface area (Å²) in [5, 5.41) is 12.2. The van der Waals surface area contributed by atoms with Gasteiger partial charge < -0.3 is 20.1 Å². The van der Waals surface area contributed by atoms with Crippen LogP contribution in [0.15, 0.2) is 54.6 Å². The van der Waals surface area contributed by atoms with Crippen LogP contribution in [0, 0.1) is 5.92 Å². The molecule has 1 aliphatic heterocycles. The van der Waals surface area contributed by atoms with Gasteiger partial charge in [-0.3, -0.25) is 14.4 Å². The molecular weight excluding hydrogens is 360 g/mol. The minimum atomic E-state index is -1.01. The first-order valence-corrected chi connectivity index (χ1v) is 8.99. The summed E-state index contributed by atoms with van der Waals surface area (Å²) in [5.41, 5.74) is 1.33. The molecule has 1 saturated heterocycles. The van der Waals surface area contributed by atoms with Gasteiger partial charge in [0.2, 0.25) is 11.8 Å². The number of ether oxygens (including phenoxy) is 1. The quantitative estimate of drug-likeness (QED) is 0.764. The van der Waals surface area contributed by atoms with Gasteiger partial charge in [0.15, 0.2) is 0 Å². The van der Waals surface area contributed by atoms with Crippen molar-refractivity contribution in [1.82, 2.24) is 5.32 Å². The van der Waals surface area contributed by atoms with Crippen LogP contribution in [0.3, 0.4) is 0 Å². The Kier molecular flexibility index (Phi) is 5.93. The van der Waals surface area contributed by atoms with Crippen LogP contribution in [-0.2, 0) is 14.4 Å². The number of methoxy groups -OCH3 is 1. The molecule has 7 nitrogen and oxygen atoms in total. The van der Waals surface area contributed by atoms with Crippen LogP contribution in [0.25, 0.3) is 0 Å². The monoisotopic (exact) mass is 382 g/mol. The van der Waals surface area contributed by atoms with Crippen molar-refractivity contribution < 1.29 is 24.2 Å². The van der Waals surface area contributed by atoms with E-state index in [1.54, 1.807) is 66.6 Å². The van der Waals surface area contributed by atoms with Crippen molar-refractivity contribution in [3.05, 3.63) is 60.2 Å². The molecule has 1 heterocycles. The molecule has 7 heteroatoms. The molecule has 2 unspecified atom stereocenters. The third kappa shape index (κ3) is 4.31. The lowest BCUT2D eigenvalue weighted by Gasteiger charge is -2.18. The molecule has 0 bridgehead atoms. The Bertz CT molecular complexity index is 851. The summed E-state index contributed by atoms with van der Waals surface area (Å²) in [6.45, 7) is 0.242. The van der Waals surface area contributed by atoms with Crippen molar-refractivity contribution in [2.24, 2.45) is 5.92 Å². The summed E-state index contributed by atoms with van der Waals surface area (Å²) in [6, 6.07) is 15.8. The number of carbonyl (C=O) groups is 3. The molecule has 0 aromatic heterocycles. The van der Waals surface area contributed by atoms with Crippen LogP contribution in [0.4, 0.5) is 5.69 Å². The number of hydrogen-bond donors (Lipinski definition) is 2. The topological polar surface area (TPSA) is 95.9 Å². The highest BCUT2D eigenvalue weighted by Crippen LogP contribution is 2.27. The van der Waals surface area contributed by atoms with Crippen molar-refractivity contribution >= 4 is 23.5 Å². The van der Waals surface area contributed by atoms with Crippen LogP contribution in [-0.4, -0.2) is 43.1 Å². The van der Waals surface area contributed by atoms with E-state index in [1.807, 2.05) is 0 Å². The Hall–Kier alpha value is -3.35. The van der Waals surface area contributed by atoms with E-state index in [0.717, 1.165) is 0 Å². The van der Waals surface area contributed by atoms with Gasteiger partial charge in [0, 0.05) is 25.2 Å². The van der Waals surface area contributed by atoms with E-state index in [0.29, 0.717) is 17.0 Å². The maximum atomic E-state index is 12.5. The van der Waals surface area contributed by atoms with Crippen molar-refractivity contribution in [2.75, 3.05) is 25.1 Å². The average molecular weight is 382 g/mol. The number of anilines is 1. The molecule has 0 saturated carbocycles.